The van der Waals surface area contributed by atoms with Crippen molar-refractivity contribution in [1.82, 2.24) is 9.78 Å². The molecule has 3 rings (SSSR count). The van der Waals surface area contributed by atoms with Gasteiger partial charge in [0.25, 0.3) is 0 Å². The molecule has 1 saturated carbocycles. The fraction of sp³-hybridized carbons (Fsp3) is 0.500. The molecule has 1 heterocycles. The molecule has 0 N–H and O–H groups in total. The van der Waals surface area contributed by atoms with Crippen molar-refractivity contribution < 1.29 is 4.79 Å². The van der Waals surface area contributed by atoms with Crippen LogP contribution in [0.1, 0.15) is 37.8 Å². The van der Waals surface area contributed by atoms with Gasteiger partial charge < -0.3 is 0 Å². The molecule has 19 heavy (non-hydrogen) atoms. The van der Waals surface area contributed by atoms with Gasteiger partial charge in [0.05, 0.1) is 17.6 Å². The molecule has 1 aromatic heterocycles. The Labute approximate surface area is 113 Å². The molecule has 1 aliphatic carbocycles. The minimum atomic E-state index is 0.343. The molecular weight excluding hydrogens is 236 g/mol. The van der Waals surface area contributed by atoms with Crippen LogP contribution in [0, 0.1) is 5.92 Å². The van der Waals surface area contributed by atoms with Gasteiger partial charge in [0, 0.05) is 18.9 Å². The number of benzene rings is 1. The van der Waals surface area contributed by atoms with Gasteiger partial charge >= 0.3 is 0 Å². The van der Waals surface area contributed by atoms with Crippen molar-refractivity contribution in [2.75, 3.05) is 0 Å². The van der Waals surface area contributed by atoms with Crippen LogP contribution >= 0.6 is 0 Å². The number of nitrogens with zero attached hydrogens (tertiary/aromatic N) is 2. The monoisotopic (exact) mass is 256 g/mol. The number of carbonyl (C=O) groups is 1. The summed E-state index contributed by atoms with van der Waals surface area (Å²) in [6.07, 6.45) is 6.28. The van der Waals surface area contributed by atoms with Gasteiger partial charge in [-0.05, 0) is 12.0 Å². The third-order valence-electron chi connectivity index (χ3n) is 4.19. The van der Waals surface area contributed by atoms with Gasteiger partial charge in [-0.3, -0.25) is 9.48 Å². The van der Waals surface area contributed by atoms with Crippen molar-refractivity contribution in [3.8, 4) is 0 Å². The number of aryl methyl sites for hydroxylation is 1. The maximum atomic E-state index is 12.2. The lowest BCUT2D eigenvalue weighted by Crippen LogP contribution is -2.09. The third kappa shape index (κ3) is 2.55. The highest BCUT2D eigenvalue weighted by atomic mass is 16.1. The van der Waals surface area contributed by atoms with E-state index < -0.39 is 0 Å². The summed E-state index contributed by atoms with van der Waals surface area (Å²) in [4.78, 5) is 12.2. The van der Waals surface area contributed by atoms with E-state index in [1.54, 1.807) is 0 Å². The number of ketones is 1. The first-order valence-corrected chi connectivity index (χ1v) is 7.16. The Morgan fingerprint density at radius 1 is 1.32 bits per heavy atom. The van der Waals surface area contributed by atoms with Crippen LogP contribution < -0.4 is 0 Å². The summed E-state index contributed by atoms with van der Waals surface area (Å²) in [5.41, 5.74) is 2.03. The minimum absolute atomic E-state index is 0.343. The highest BCUT2D eigenvalue weighted by Crippen LogP contribution is 2.28. The Morgan fingerprint density at radius 2 is 2.05 bits per heavy atom. The fourth-order valence-electron chi connectivity index (χ4n) is 3.21. The van der Waals surface area contributed by atoms with Crippen molar-refractivity contribution in [2.45, 2.75) is 38.5 Å². The van der Waals surface area contributed by atoms with Crippen LogP contribution in [0.5, 0.6) is 0 Å². The van der Waals surface area contributed by atoms with E-state index in [2.05, 4.69) is 11.2 Å². The van der Waals surface area contributed by atoms with E-state index in [0.29, 0.717) is 18.1 Å². The van der Waals surface area contributed by atoms with Crippen LogP contribution in [0.3, 0.4) is 0 Å². The van der Waals surface area contributed by atoms with Gasteiger partial charge in [-0.25, -0.2) is 0 Å². The molecule has 0 aliphatic heterocycles. The van der Waals surface area contributed by atoms with E-state index in [1.807, 2.05) is 29.9 Å². The first-order chi connectivity index (χ1) is 9.24. The standard InChI is InChI=1S/C16H20N2O/c1-18-16-9-5-4-8-14(16)15(17-18)11-13(19)10-12-6-2-3-7-12/h4-5,8-9,12H,2-3,6-7,10-11H2,1H3. The number of carbonyl (C=O) groups excluding carboxylic acids is 1. The largest absolute Gasteiger partial charge is 0.299 e. The molecule has 1 fully saturated rings. The molecule has 0 spiro atoms. The average Bonchev–Trinajstić information content (AvgIpc) is 3.00. The van der Waals surface area contributed by atoms with E-state index in [4.69, 9.17) is 0 Å². The summed E-state index contributed by atoms with van der Waals surface area (Å²) in [6.45, 7) is 0. The van der Waals surface area contributed by atoms with Crippen molar-refractivity contribution in [1.29, 1.82) is 0 Å². The van der Waals surface area contributed by atoms with Crippen molar-refractivity contribution in [3.63, 3.8) is 0 Å². The number of hydrogen-bond acceptors (Lipinski definition) is 2. The molecule has 0 unspecified atom stereocenters. The number of rotatable bonds is 4. The smallest absolute Gasteiger partial charge is 0.139 e. The van der Waals surface area contributed by atoms with E-state index in [-0.39, 0.29) is 0 Å². The quantitative estimate of drug-likeness (QED) is 0.841. The third-order valence-corrected chi connectivity index (χ3v) is 4.19. The van der Waals surface area contributed by atoms with Crippen molar-refractivity contribution >= 4 is 16.7 Å². The molecule has 3 nitrogen and oxygen atoms in total. The van der Waals surface area contributed by atoms with Gasteiger partial charge in [0.1, 0.15) is 5.78 Å². The molecule has 0 atom stereocenters. The summed E-state index contributed by atoms with van der Waals surface area (Å²) in [5, 5.41) is 5.62. The number of hydrogen-bond donors (Lipinski definition) is 0. The molecule has 0 saturated heterocycles. The van der Waals surface area contributed by atoms with Crippen LogP contribution in [-0.4, -0.2) is 15.6 Å². The lowest BCUT2D eigenvalue weighted by atomic mass is 9.98. The lowest BCUT2D eigenvalue weighted by molar-refractivity contribution is -0.119. The van der Waals surface area contributed by atoms with Gasteiger partial charge in [0.15, 0.2) is 0 Å². The predicted octanol–water partition coefficient (Wildman–Crippen LogP) is 3.27. The SMILES string of the molecule is Cn1nc(CC(=O)CC2CCCC2)c2ccccc21. The van der Waals surface area contributed by atoms with E-state index in [1.165, 1.54) is 25.7 Å². The number of fused-ring (bicyclic) bond motifs is 1. The molecule has 3 heteroatoms. The molecule has 2 aromatic rings. The normalized spacial score (nSPS) is 16.3. The molecule has 100 valence electrons. The van der Waals surface area contributed by atoms with Crippen LogP contribution in [0.15, 0.2) is 24.3 Å². The Kier molecular flexibility index (Phi) is 3.36. The summed E-state index contributed by atoms with van der Waals surface area (Å²) < 4.78 is 1.87. The van der Waals surface area contributed by atoms with E-state index in [0.717, 1.165) is 23.0 Å². The molecule has 1 aromatic carbocycles. The van der Waals surface area contributed by atoms with E-state index in [9.17, 15) is 4.79 Å². The summed E-state index contributed by atoms with van der Waals surface area (Å²) in [7, 11) is 1.94. The highest BCUT2D eigenvalue weighted by molar-refractivity contribution is 5.88. The van der Waals surface area contributed by atoms with Crippen LogP contribution in [0.2, 0.25) is 0 Å². The maximum Gasteiger partial charge on any atom is 0.139 e. The zero-order valence-corrected chi connectivity index (χ0v) is 11.4. The minimum Gasteiger partial charge on any atom is -0.299 e. The predicted molar refractivity (Wildman–Crippen MR) is 76.0 cm³/mol. The molecular formula is C16H20N2O. The lowest BCUT2D eigenvalue weighted by Gasteiger charge is -2.06. The number of aromatic nitrogens is 2. The van der Waals surface area contributed by atoms with Crippen molar-refractivity contribution in [3.05, 3.63) is 30.0 Å². The highest BCUT2D eigenvalue weighted by Gasteiger charge is 2.20. The summed E-state index contributed by atoms with van der Waals surface area (Å²) >= 11 is 0. The Balaban J connectivity index is 1.75. The topological polar surface area (TPSA) is 34.9 Å². The maximum absolute atomic E-state index is 12.2. The number of para-hydroxylation sites is 1. The molecule has 1 aliphatic rings. The molecule has 0 radical (unpaired) electrons. The van der Waals surface area contributed by atoms with Crippen LogP contribution in [0.4, 0.5) is 0 Å². The van der Waals surface area contributed by atoms with Crippen LogP contribution in [-0.2, 0) is 18.3 Å². The fourth-order valence-corrected chi connectivity index (χ4v) is 3.21. The number of Topliss-reactive ketones (excluding diaryl/α,β-unsaturated/α-hetero) is 1. The van der Waals surface area contributed by atoms with Crippen molar-refractivity contribution in [2.24, 2.45) is 13.0 Å². The Bertz CT molecular complexity index is 594. The van der Waals surface area contributed by atoms with Gasteiger partial charge in [-0.15, -0.1) is 0 Å². The summed E-state index contributed by atoms with van der Waals surface area (Å²) in [5.74, 6) is 0.971. The average molecular weight is 256 g/mol. The second-order valence-corrected chi connectivity index (χ2v) is 5.66. The van der Waals surface area contributed by atoms with Crippen LogP contribution in [0.25, 0.3) is 10.9 Å². The second-order valence-electron chi connectivity index (χ2n) is 5.66. The Hall–Kier alpha value is -1.64. The zero-order chi connectivity index (χ0) is 13.2. The molecule has 0 bridgehead atoms. The Morgan fingerprint density at radius 3 is 2.84 bits per heavy atom. The summed E-state index contributed by atoms with van der Waals surface area (Å²) in [6, 6.07) is 8.12. The van der Waals surface area contributed by atoms with Gasteiger partial charge in [-0.1, -0.05) is 43.9 Å². The zero-order valence-electron chi connectivity index (χ0n) is 11.4. The van der Waals surface area contributed by atoms with E-state index >= 15 is 0 Å². The van der Waals surface area contributed by atoms with Gasteiger partial charge in [-0.2, -0.15) is 5.10 Å². The molecule has 0 amide bonds. The first kappa shape index (κ1) is 12.4. The first-order valence-electron chi connectivity index (χ1n) is 7.16. The second kappa shape index (κ2) is 5.16. The van der Waals surface area contributed by atoms with Gasteiger partial charge in [0.2, 0.25) is 0 Å².